The van der Waals surface area contributed by atoms with E-state index in [2.05, 4.69) is 9.97 Å². The van der Waals surface area contributed by atoms with Gasteiger partial charge in [0.1, 0.15) is 11.3 Å². The highest BCUT2D eigenvalue weighted by atomic mass is 19.4. The second kappa shape index (κ2) is 8.80. The molecule has 0 amide bonds. The lowest BCUT2D eigenvalue weighted by Gasteiger charge is -2.42. The van der Waals surface area contributed by atoms with Crippen LogP contribution in [0.2, 0.25) is 0 Å². The van der Waals surface area contributed by atoms with Crippen LogP contribution in [-0.4, -0.2) is 15.1 Å². The quantitative estimate of drug-likeness (QED) is 0.291. The van der Waals surface area contributed by atoms with Crippen molar-refractivity contribution in [3.63, 3.8) is 0 Å². The number of phenols is 1. The number of hydrogen-bond donors (Lipinski definition) is 1. The van der Waals surface area contributed by atoms with Gasteiger partial charge in [0.2, 0.25) is 0 Å². The van der Waals surface area contributed by atoms with E-state index in [-0.39, 0.29) is 17.6 Å². The number of phenolic OH excluding ortho intramolecular Hbond substituents is 1. The van der Waals surface area contributed by atoms with Gasteiger partial charge in [0.25, 0.3) is 0 Å². The van der Waals surface area contributed by atoms with Crippen LogP contribution in [0.3, 0.4) is 0 Å². The zero-order valence-corrected chi connectivity index (χ0v) is 18.7. The molecule has 1 N–H and O–H groups in total. The molecular weight excluding hydrogens is 482 g/mol. The van der Waals surface area contributed by atoms with Crippen molar-refractivity contribution in [2.24, 2.45) is 5.92 Å². The van der Waals surface area contributed by atoms with E-state index in [0.29, 0.717) is 40.6 Å². The summed E-state index contributed by atoms with van der Waals surface area (Å²) < 4.78 is 78.5. The minimum atomic E-state index is -4.50. The van der Waals surface area contributed by atoms with Gasteiger partial charge in [-0.15, -0.1) is 0 Å². The zero-order valence-electron chi connectivity index (χ0n) is 18.7. The third-order valence-corrected chi connectivity index (χ3v) is 6.96. The highest BCUT2D eigenvalue weighted by molar-refractivity contribution is 5.85. The number of benzene rings is 2. The molecular formula is C27H20F6N2O. The first-order chi connectivity index (χ1) is 17.0. The van der Waals surface area contributed by atoms with Gasteiger partial charge in [-0.2, -0.15) is 26.3 Å². The summed E-state index contributed by atoms with van der Waals surface area (Å²) in [6, 6.07) is 14.2. The maximum Gasteiger partial charge on any atom is 0.417 e. The van der Waals surface area contributed by atoms with Gasteiger partial charge in [-0.25, -0.2) is 0 Å². The molecule has 0 spiro atoms. The molecule has 2 aromatic carbocycles. The number of hydrogen-bond acceptors (Lipinski definition) is 3. The molecule has 4 aromatic rings. The van der Waals surface area contributed by atoms with Crippen molar-refractivity contribution in [3.05, 3.63) is 101 Å². The summed E-state index contributed by atoms with van der Waals surface area (Å²) in [6.07, 6.45) is -5.33. The Morgan fingerprint density at radius 2 is 1.47 bits per heavy atom. The number of fused-ring (bicyclic) bond motifs is 1. The lowest BCUT2D eigenvalue weighted by molar-refractivity contribution is -0.138. The second-order valence-electron chi connectivity index (χ2n) is 8.99. The summed E-state index contributed by atoms with van der Waals surface area (Å²) in [5.41, 5.74) is 0.284. The van der Waals surface area contributed by atoms with Crippen molar-refractivity contribution in [2.45, 2.75) is 37.0 Å². The highest BCUT2D eigenvalue weighted by Crippen LogP contribution is 2.54. The fourth-order valence-electron chi connectivity index (χ4n) is 5.02. The van der Waals surface area contributed by atoms with E-state index in [0.717, 1.165) is 24.4 Å². The van der Waals surface area contributed by atoms with Crippen LogP contribution >= 0.6 is 0 Å². The SMILES string of the molecule is Oc1c(C(c2ccc(C(F)(F)F)cc2)[C@@H]2CCC2c2ccc(C(F)(F)F)cn2)ccc2cccnc12. The van der Waals surface area contributed by atoms with Gasteiger partial charge in [0.05, 0.1) is 11.1 Å². The minimum absolute atomic E-state index is 0.0657. The van der Waals surface area contributed by atoms with Gasteiger partial charge < -0.3 is 5.11 Å². The van der Waals surface area contributed by atoms with Crippen LogP contribution in [0, 0.1) is 5.92 Å². The van der Waals surface area contributed by atoms with Crippen molar-refractivity contribution < 1.29 is 31.4 Å². The first kappa shape index (κ1) is 24.1. The molecule has 1 saturated carbocycles. The number of rotatable bonds is 4. The molecule has 2 unspecified atom stereocenters. The van der Waals surface area contributed by atoms with Crippen molar-refractivity contribution in [1.29, 1.82) is 0 Å². The van der Waals surface area contributed by atoms with Gasteiger partial charge in [0.15, 0.2) is 0 Å². The van der Waals surface area contributed by atoms with E-state index in [9.17, 15) is 31.4 Å². The van der Waals surface area contributed by atoms with Gasteiger partial charge >= 0.3 is 12.4 Å². The van der Waals surface area contributed by atoms with Crippen LogP contribution in [-0.2, 0) is 12.4 Å². The van der Waals surface area contributed by atoms with Gasteiger partial charge in [0, 0.05) is 40.9 Å². The fourth-order valence-corrected chi connectivity index (χ4v) is 5.02. The van der Waals surface area contributed by atoms with Crippen LogP contribution in [0.5, 0.6) is 5.75 Å². The Bertz CT molecular complexity index is 1380. The van der Waals surface area contributed by atoms with Crippen molar-refractivity contribution >= 4 is 10.9 Å². The Morgan fingerprint density at radius 3 is 2.06 bits per heavy atom. The average molecular weight is 502 g/mol. The van der Waals surface area contributed by atoms with E-state index in [1.165, 1.54) is 24.4 Å². The number of alkyl halides is 6. The molecule has 1 fully saturated rings. The lowest BCUT2D eigenvalue weighted by Crippen LogP contribution is -2.31. The number of aromatic nitrogens is 2. The largest absolute Gasteiger partial charge is 0.505 e. The Kier molecular flexibility index (Phi) is 5.89. The maximum absolute atomic E-state index is 13.2. The molecule has 36 heavy (non-hydrogen) atoms. The second-order valence-corrected chi connectivity index (χ2v) is 8.99. The first-order valence-electron chi connectivity index (χ1n) is 11.3. The molecule has 186 valence electrons. The van der Waals surface area contributed by atoms with Crippen LogP contribution in [0.25, 0.3) is 10.9 Å². The summed E-state index contributed by atoms with van der Waals surface area (Å²) in [7, 11) is 0. The molecule has 2 heterocycles. The Hall–Kier alpha value is -3.62. The standard InChI is InChI=1S/C27H20F6N2O/c28-26(29,30)17-6-3-15(4-7-17)23(21-9-5-16-2-1-13-34-24(16)25(21)36)20-11-10-19(20)22-12-8-18(14-35-22)27(31,32)33/h1-9,12-14,19-20,23,36H,10-11H2/t19?,20-,23?/m1/s1. The van der Waals surface area contributed by atoms with E-state index in [1.807, 2.05) is 0 Å². The van der Waals surface area contributed by atoms with Crippen molar-refractivity contribution in [3.8, 4) is 5.75 Å². The van der Waals surface area contributed by atoms with E-state index in [1.54, 1.807) is 24.3 Å². The normalized spacial score (nSPS) is 19.2. The maximum atomic E-state index is 13.2. The van der Waals surface area contributed by atoms with Crippen LogP contribution in [0.15, 0.2) is 73.1 Å². The molecule has 1 aliphatic carbocycles. The summed E-state index contributed by atoms with van der Waals surface area (Å²) in [6.45, 7) is 0. The van der Waals surface area contributed by atoms with E-state index >= 15 is 0 Å². The number of halogens is 6. The Morgan fingerprint density at radius 1 is 0.778 bits per heavy atom. The Balaban J connectivity index is 1.58. The predicted molar refractivity (Wildman–Crippen MR) is 121 cm³/mol. The predicted octanol–water partition coefficient (Wildman–Crippen LogP) is 7.70. The van der Waals surface area contributed by atoms with Gasteiger partial charge in [-0.1, -0.05) is 30.3 Å². The Labute approximate surface area is 202 Å². The number of pyridine rings is 2. The molecule has 0 aliphatic heterocycles. The van der Waals surface area contributed by atoms with Crippen LogP contribution in [0.4, 0.5) is 26.3 Å². The number of nitrogens with zero attached hydrogens (tertiary/aromatic N) is 2. The smallest absolute Gasteiger partial charge is 0.417 e. The first-order valence-corrected chi connectivity index (χ1v) is 11.3. The highest BCUT2D eigenvalue weighted by Gasteiger charge is 2.42. The monoisotopic (exact) mass is 502 g/mol. The minimum Gasteiger partial charge on any atom is -0.505 e. The molecule has 3 nitrogen and oxygen atoms in total. The van der Waals surface area contributed by atoms with Crippen molar-refractivity contribution in [1.82, 2.24) is 9.97 Å². The molecule has 3 atom stereocenters. The van der Waals surface area contributed by atoms with E-state index in [4.69, 9.17) is 0 Å². The molecule has 9 heteroatoms. The third kappa shape index (κ3) is 4.38. The molecule has 0 saturated heterocycles. The summed E-state index contributed by atoms with van der Waals surface area (Å²) in [4.78, 5) is 8.32. The van der Waals surface area contributed by atoms with Crippen LogP contribution < -0.4 is 0 Å². The zero-order chi connectivity index (χ0) is 25.7. The van der Waals surface area contributed by atoms with Gasteiger partial charge in [-0.3, -0.25) is 9.97 Å². The van der Waals surface area contributed by atoms with Crippen molar-refractivity contribution in [2.75, 3.05) is 0 Å². The lowest BCUT2D eigenvalue weighted by atomic mass is 9.62. The summed E-state index contributed by atoms with van der Waals surface area (Å²) >= 11 is 0. The van der Waals surface area contributed by atoms with Crippen LogP contribution in [0.1, 0.15) is 52.6 Å². The summed E-state index contributed by atoms with van der Waals surface area (Å²) in [5, 5.41) is 11.8. The molecule has 5 rings (SSSR count). The molecule has 2 aromatic heterocycles. The molecule has 0 radical (unpaired) electrons. The summed E-state index contributed by atoms with van der Waals surface area (Å²) in [5.74, 6) is -0.998. The van der Waals surface area contributed by atoms with Gasteiger partial charge in [-0.05, 0) is 54.7 Å². The fraction of sp³-hybridized carbons (Fsp3) is 0.259. The topological polar surface area (TPSA) is 46.0 Å². The molecule has 0 bridgehead atoms. The average Bonchev–Trinajstić information content (AvgIpc) is 2.82. The number of aromatic hydroxyl groups is 1. The molecule has 1 aliphatic rings. The van der Waals surface area contributed by atoms with E-state index < -0.39 is 29.4 Å². The third-order valence-electron chi connectivity index (χ3n) is 6.96.